The summed E-state index contributed by atoms with van der Waals surface area (Å²) >= 11 is 0. The average Bonchev–Trinajstić information content (AvgIpc) is 2.24. The first kappa shape index (κ1) is 7.43. The molecule has 0 unspecified atom stereocenters. The van der Waals surface area contributed by atoms with E-state index in [2.05, 4.69) is 0 Å². The summed E-state index contributed by atoms with van der Waals surface area (Å²) in [5.41, 5.74) is 0.907. The highest BCUT2D eigenvalue weighted by molar-refractivity contribution is 5.37. The second-order valence-corrected chi connectivity index (χ2v) is 2.46. The molecule has 1 aliphatic rings. The molecule has 0 aromatic rings. The van der Waals surface area contributed by atoms with E-state index in [1.165, 1.54) is 0 Å². The molecule has 0 spiro atoms. The molecule has 0 saturated heterocycles. The van der Waals surface area contributed by atoms with Gasteiger partial charge in [-0.05, 0) is 0 Å². The minimum Gasteiger partial charge on any atom is -0.346 e. The highest BCUT2D eigenvalue weighted by Crippen LogP contribution is 2.18. The van der Waals surface area contributed by atoms with Crippen molar-refractivity contribution in [1.82, 2.24) is 9.80 Å². The molecule has 1 heterocycles. The summed E-state index contributed by atoms with van der Waals surface area (Å²) in [7, 11) is 3.58. The van der Waals surface area contributed by atoms with E-state index in [0.29, 0.717) is 18.1 Å². The maximum Gasteiger partial charge on any atom is 0.152 e. The molecule has 0 bridgehead atoms. The van der Waals surface area contributed by atoms with Gasteiger partial charge < -0.3 is 9.80 Å². The van der Waals surface area contributed by atoms with Crippen molar-refractivity contribution in [3.05, 3.63) is 11.4 Å². The summed E-state index contributed by atoms with van der Waals surface area (Å²) in [6.45, 7) is 0.617. The van der Waals surface area contributed by atoms with E-state index in [-0.39, 0.29) is 0 Å². The van der Waals surface area contributed by atoms with Gasteiger partial charge in [-0.3, -0.25) is 0 Å². The topological polar surface area (TPSA) is 54.1 Å². The molecule has 0 saturated carbocycles. The fourth-order valence-corrected chi connectivity index (χ4v) is 1.10. The van der Waals surface area contributed by atoms with Crippen LogP contribution in [0.25, 0.3) is 0 Å². The number of hydrogen-bond acceptors (Lipinski definition) is 4. The van der Waals surface area contributed by atoms with Gasteiger partial charge in [0, 0.05) is 14.1 Å². The molecule has 1 aliphatic heterocycles. The Balaban J connectivity index is 3.07. The number of nitrogens with zero attached hydrogens (tertiary/aromatic N) is 4. The highest BCUT2D eigenvalue weighted by atomic mass is 15.3. The summed E-state index contributed by atoms with van der Waals surface area (Å²) in [6.07, 6.45) is 0. The smallest absolute Gasteiger partial charge is 0.152 e. The second-order valence-electron chi connectivity index (χ2n) is 2.46. The third-order valence-electron chi connectivity index (χ3n) is 1.62. The third-order valence-corrected chi connectivity index (χ3v) is 1.62. The van der Waals surface area contributed by atoms with E-state index >= 15 is 0 Å². The maximum absolute atomic E-state index is 8.63. The first-order valence-electron chi connectivity index (χ1n) is 3.17. The van der Waals surface area contributed by atoms with Gasteiger partial charge in [0.25, 0.3) is 0 Å². The fourth-order valence-electron chi connectivity index (χ4n) is 1.10. The molecule has 0 aromatic carbocycles. The molecule has 0 radical (unpaired) electrons. The van der Waals surface area contributed by atoms with Gasteiger partial charge in [0.1, 0.15) is 12.1 Å². The van der Waals surface area contributed by atoms with Crippen molar-refractivity contribution in [2.45, 2.75) is 0 Å². The van der Waals surface area contributed by atoms with Crippen LogP contribution in [0.5, 0.6) is 0 Å². The molecular formula is C7H8N4. The van der Waals surface area contributed by atoms with Crippen LogP contribution in [0.15, 0.2) is 11.4 Å². The van der Waals surface area contributed by atoms with E-state index in [1.54, 1.807) is 23.9 Å². The average molecular weight is 148 g/mol. The Morgan fingerprint density at radius 2 is 1.45 bits per heavy atom. The molecular weight excluding hydrogens is 140 g/mol. The van der Waals surface area contributed by atoms with E-state index in [9.17, 15) is 0 Å². The summed E-state index contributed by atoms with van der Waals surface area (Å²) < 4.78 is 0. The first-order valence-corrected chi connectivity index (χ1v) is 3.17. The van der Waals surface area contributed by atoms with Gasteiger partial charge in [-0.25, -0.2) is 0 Å². The van der Waals surface area contributed by atoms with Crippen LogP contribution in [0, 0.1) is 22.7 Å². The lowest BCUT2D eigenvalue weighted by molar-refractivity contribution is 0.326. The van der Waals surface area contributed by atoms with E-state index in [0.717, 1.165) is 0 Å². The van der Waals surface area contributed by atoms with Crippen LogP contribution in [0.3, 0.4) is 0 Å². The minimum atomic E-state index is 0.454. The quantitative estimate of drug-likeness (QED) is 0.488. The number of hydrogen-bond donors (Lipinski definition) is 0. The predicted octanol–water partition coefficient (Wildman–Crippen LogP) is 0.0799. The van der Waals surface area contributed by atoms with Crippen LogP contribution < -0.4 is 0 Å². The van der Waals surface area contributed by atoms with Crippen molar-refractivity contribution in [2.75, 3.05) is 20.8 Å². The molecule has 0 fully saturated rings. The van der Waals surface area contributed by atoms with Crippen molar-refractivity contribution in [1.29, 1.82) is 10.5 Å². The summed E-state index contributed by atoms with van der Waals surface area (Å²) in [6, 6.07) is 3.97. The largest absolute Gasteiger partial charge is 0.346 e. The van der Waals surface area contributed by atoms with Crippen LogP contribution in [-0.2, 0) is 0 Å². The van der Waals surface area contributed by atoms with Crippen LogP contribution in [0.2, 0.25) is 0 Å². The molecule has 4 nitrogen and oxygen atoms in total. The molecule has 11 heavy (non-hydrogen) atoms. The Hall–Kier alpha value is -1.68. The number of rotatable bonds is 0. The Bertz CT molecular complexity index is 250. The van der Waals surface area contributed by atoms with Crippen LogP contribution >= 0.6 is 0 Å². The van der Waals surface area contributed by atoms with Gasteiger partial charge in [0.05, 0.1) is 6.67 Å². The lowest BCUT2D eigenvalue weighted by Gasteiger charge is -2.12. The SMILES string of the molecule is CN1CN(C)C(C#N)=C1C#N. The van der Waals surface area contributed by atoms with Crippen LogP contribution in [0.4, 0.5) is 0 Å². The van der Waals surface area contributed by atoms with Crippen LogP contribution in [-0.4, -0.2) is 30.6 Å². The lowest BCUT2D eigenvalue weighted by atomic mass is 10.3. The third kappa shape index (κ3) is 0.990. The predicted molar refractivity (Wildman–Crippen MR) is 38.6 cm³/mol. The van der Waals surface area contributed by atoms with E-state index < -0.39 is 0 Å². The van der Waals surface area contributed by atoms with Gasteiger partial charge in [-0.2, -0.15) is 10.5 Å². The molecule has 0 aliphatic carbocycles. The zero-order valence-corrected chi connectivity index (χ0v) is 6.50. The van der Waals surface area contributed by atoms with Crippen LogP contribution in [0.1, 0.15) is 0 Å². The zero-order valence-electron chi connectivity index (χ0n) is 6.50. The lowest BCUT2D eigenvalue weighted by Crippen LogP contribution is -2.20. The second kappa shape index (κ2) is 2.51. The first-order chi connectivity index (χ1) is 5.20. The Morgan fingerprint density at radius 1 is 1.09 bits per heavy atom. The van der Waals surface area contributed by atoms with Crippen molar-refractivity contribution in [3.63, 3.8) is 0 Å². The van der Waals surface area contributed by atoms with Gasteiger partial charge in [0.15, 0.2) is 11.4 Å². The molecule has 1 rings (SSSR count). The standard InChI is InChI=1S/C7H8N4/c1-10-5-11(2)7(4-9)6(10)3-8/h5H2,1-2H3. The fraction of sp³-hybridized carbons (Fsp3) is 0.429. The Labute approximate surface area is 65.5 Å². The van der Waals surface area contributed by atoms with Crippen molar-refractivity contribution < 1.29 is 0 Å². The van der Waals surface area contributed by atoms with E-state index in [4.69, 9.17) is 10.5 Å². The monoisotopic (exact) mass is 148 g/mol. The normalized spacial score (nSPS) is 16.7. The summed E-state index contributed by atoms with van der Waals surface area (Å²) in [4.78, 5) is 3.50. The van der Waals surface area contributed by atoms with Gasteiger partial charge in [-0.15, -0.1) is 0 Å². The Morgan fingerprint density at radius 3 is 1.73 bits per heavy atom. The molecule has 4 heteroatoms. The van der Waals surface area contributed by atoms with Gasteiger partial charge >= 0.3 is 0 Å². The Kier molecular flexibility index (Phi) is 1.70. The molecule has 0 aromatic heterocycles. The van der Waals surface area contributed by atoms with E-state index in [1.807, 2.05) is 12.1 Å². The highest BCUT2D eigenvalue weighted by Gasteiger charge is 2.23. The van der Waals surface area contributed by atoms with Gasteiger partial charge in [0.2, 0.25) is 0 Å². The maximum atomic E-state index is 8.63. The van der Waals surface area contributed by atoms with Crippen molar-refractivity contribution >= 4 is 0 Å². The molecule has 0 amide bonds. The van der Waals surface area contributed by atoms with Crippen molar-refractivity contribution in [3.8, 4) is 12.1 Å². The minimum absolute atomic E-state index is 0.454. The van der Waals surface area contributed by atoms with Crippen molar-refractivity contribution in [2.24, 2.45) is 0 Å². The summed E-state index contributed by atoms with van der Waals surface area (Å²) in [5.74, 6) is 0. The van der Waals surface area contributed by atoms with Gasteiger partial charge in [-0.1, -0.05) is 0 Å². The number of allylic oxidation sites excluding steroid dienone is 2. The zero-order chi connectivity index (χ0) is 8.43. The summed E-state index contributed by atoms with van der Waals surface area (Å²) in [5, 5.41) is 17.3. The molecule has 56 valence electrons. The molecule has 0 N–H and O–H groups in total. The molecule has 0 atom stereocenters. The number of nitriles is 2.